The fourth-order valence-corrected chi connectivity index (χ4v) is 3.25. The molecule has 140 valence electrons. The largest absolute Gasteiger partial charge is 0.493 e. The topological polar surface area (TPSA) is 69.7 Å². The van der Waals surface area contributed by atoms with E-state index in [0.717, 1.165) is 11.3 Å². The first-order chi connectivity index (χ1) is 13.1. The maximum Gasteiger partial charge on any atom is 0.264 e. The van der Waals surface area contributed by atoms with Gasteiger partial charge in [0, 0.05) is 10.9 Å². The minimum Gasteiger partial charge on any atom is -0.493 e. The van der Waals surface area contributed by atoms with Gasteiger partial charge in [-0.05, 0) is 30.3 Å². The number of nitrogens with one attached hydrogen (secondary N) is 1. The van der Waals surface area contributed by atoms with Gasteiger partial charge in [-0.25, -0.2) is 4.98 Å². The van der Waals surface area contributed by atoms with E-state index in [1.807, 2.05) is 23.6 Å². The van der Waals surface area contributed by atoms with Gasteiger partial charge in [0.05, 0.1) is 24.9 Å². The third kappa shape index (κ3) is 4.69. The molecule has 0 fully saturated rings. The number of amides is 1. The van der Waals surface area contributed by atoms with Crippen molar-refractivity contribution in [3.05, 3.63) is 52.9 Å². The quantitative estimate of drug-likeness (QED) is 0.628. The highest BCUT2D eigenvalue weighted by Crippen LogP contribution is 2.33. The van der Waals surface area contributed by atoms with Crippen LogP contribution in [0.2, 0.25) is 5.02 Å². The summed E-state index contributed by atoms with van der Waals surface area (Å²) in [6.45, 7) is -0.158. The van der Waals surface area contributed by atoms with E-state index in [0.29, 0.717) is 27.4 Å². The fourth-order valence-electron chi connectivity index (χ4n) is 2.32. The molecule has 27 heavy (non-hydrogen) atoms. The standard InChI is InChI=1S/C19H17ClN2O4S/c1-24-16-8-7-12(9-17(16)25-2)14-11-27-19(21-14)22-18(23)10-26-15-6-4-3-5-13(15)20/h3-9,11H,10H2,1-2H3,(H,21,22,23). The Labute approximate surface area is 165 Å². The summed E-state index contributed by atoms with van der Waals surface area (Å²) >= 11 is 7.32. The molecule has 0 bridgehead atoms. The first kappa shape index (κ1) is 19.0. The lowest BCUT2D eigenvalue weighted by molar-refractivity contribution is -0.118. The average molecular weight is 405 g/mol. The summed E-state index contributed by atoms with van der Waals surface area (Å²) < 4.78 is 16.0. The Hall–Kier alpha value is -2.77. The Morgan fingerprint density at radius 1 is 1.11 bits per heavy atom. The molecule has 3 rings (SSSR count). The van der Waals surface area contributed by atoms with Crippen molar-refractivity contribution in [3.8, 4) is 28.5 Å². The normalized spacial score (nSPS) is 10.3. The second-order valence-corrected chi connectivity index (χ2v) is 6.64. The van der Waals surface area contributed by atoms with Gasteiger partial charge in [0.1, 0.15) is 5.75 Å². The van der Waals surface area contributed by atoms with Crippen LogP contribution in [0.15, 0.2) is 47.8 Å². The average Bonchev–Trinajstić information content (AvgIpc) is 3.15. The number of benzene rings is 2. The monoisotopic (exact) mass is 404 g/mol. The van der Waals surface area contributed by atoms with E-state index in [-0.39, 0.29) is 12.5 Å². The van der Waals surface area contributed by atoms with E-state index >= 15 is 0 Å². The molecule has 6 nitrogen and oxygen atoms in total. The van der Waals surface area contributed by atoms with E-state index in [2.05, 4.69) is 10.3 Å². The van der Waals surface area contributed by atoms with Gasteiger partial charge in [-0.3, -0.25) is 10.1 Å². The third-order valence-electron chi connectivity index (χ3n) is 3.63. The third-order valence-corrected chi connectivity index (χ3v) is 4.70. The van der Waals surface area contributed by atoms with Crippen LogP contribution in [0, 0.1) is 0 Å². The van der Waals surface area contributed by atoms with Gasteiger partial charge in [0.25, 0.3) is 5.91 Å². The van der Waals surface area contributed by atoms with Crippen LogP contribution in [-0.2, 0) is 4.79 Å². The predicted octanol–water partition coefficient (Wildman–Crippen LogP) is 4.50. The minimum absolute atomic E-state index is 0.158. The Balaban J connectivity index is 1.64. The van der Waals surface area contributed by atoms with E-state index in [9.17, 15) is 4.79 Å². The number of ether oxygens (including phenoxy) is 3. The van der Waals surface area contributed by atoms with Crippen LogP contribution in [0.5, 0.6) is 17.2 Å². The summed E-state index contributed by atoms with van der Waals surface area (Å²) in [5, 5.41) is 5.50. The van der Waals surface area contributed by atoms with Crippen LogP contribution >= 0.6 is 22.9 Å². The molecular formula is C19H17ClN2O4S. The van der Waals surface area contributed by atoms with Crippen LogP contribution in [0.3, 0.4) is 0 Å². The maximum atomic E-state index is 12.1. The van der Waals surface area contributed by atoms with Crippen molar-refractivity contribution < 1.29 is 19.0 Å². The second-order valence-electron chi connectivity index (χ2n) is 5.37. The number of anilines is 1. The minimum atomic E-state index is -0.317. The molecular weight excluding hydrogens is 388 g/mol. The zero-order valence-corrected chi connectivity index (χ0v) is 16.3. The molecule has 0 atom stereocenters. The SMILES string of the molecule is COc1ccc(-c2csc(NC(=O)COc3ccccc3Cl)n2)cc1OC. The molecule has 1 N–H and O–H groups in total. The molecule has 1 amide bonds. The zero-order chi connectivity index (χ0) is 19.2. The Kier molecular flexibility index (Phi) is 6.16. The molecule has 0 saturated carbocycles. The van der Waals surface area contributed by atoms with Crippen LogP contribution in [-0.4, -0.2) is 31.7 Å². The van der Waals surface area contributed by atoms with Gasteiger partial charge in [-0.15, -0.1) is 11.3 Å². The van der Waals surface area contributed by atoms with Gasteiger partial charge in [-0.1, -0.05) is 23.7 Å². The van der Waals surface area contributed by atoms with Crippen molar-refractivity contribution in [1.29, 1.82) is 0 Å². The maximum absolute atomic E-state index is 12.1. The number of aromatic nitrogens is 1. The first-order valence-electron chi connectivity index (χ1n) is 7.96. The summed E-state index contributed by atoms with van der Waals surface area (Å²) in [5.41, 5.74) is 1.58. The van der Waals surface area contributed by atoms with E-state index in [1.165, 1.54) is 11.3 Å². The number of hydrogen-bond donors (Lipinski definition) is 1. The second kappa shape index (κ2) is 8.75. The number of carbonyl (C=O) groups is 1. The van der Waals surface area contributed by atoms with Crippen LogP contribution in [0.1, 0.15) is 0 Å². The lowest BCUT2D eigenvalue weighted by Crippen LogP contribution is -2.20. The number of para-hydroxylation sites is 1. The van der Waals surface area contributed by atoms with E-state index < -0.39 is 0 Å². The molecule has 1 aromatic heterocycles. The molecule has 0 radical (unpaired) electrons. The summed E-state index contributed by atoms with van der Waals surface area (Å²) in [5.74, 6) is 1.39. The first-order valence-corrected chi connectivity index (χ1v) is 9.21. The lowest BCUT2D eigenvalue weighted by atomic mass is 10.1. The number of thiazole rings is 1. The Morgan fingerprint density at radius 3 is 2.63 bits per heavy atom. The van der Waals surface area contributed by atoms with Gasteiger partial charge in [-0.2, -0.15) is 0 Å². The summed E-state index contributed by atoms with van der Waals surface area (Å²) in [4.78, 5) is 16.5. The Morgan fingerprint density at radius 2 is 1.89 bits per heavy atom. The van der Waals surface area contributed by atoms with Crippen molar-refractivity contribution >= 4 is 34.0 Å². The predicted molar refractivity (Wildman–Crippen MR) is 106 cm³/mol. The highest BCUT2D eigenvalue weighted by molar-refractivity contribution is 7.14. The zero-order valence-electron chi connectivity index (χ0n) is 14.7. The van der Waals surface area contributed by atoms with Crippen molar-refractivity contribution in [3.63, 3.8) is 0 Å². The lowest BCUT2D eigenvalue weighted by Gasteiger charge is -2.08. The van der Waals surface area contributed by atoms with Crippen molar-refractivity contribution in [2.45, 2.75) is 0 Å². The molecule has 0 saturated heterocycles. The van der Waals surface area contributed by atoms with Crippen LogP contribution in [0.25, 0.3) is 11.3 Å². The highest BCUT2D eigenvalue weighted by Gasteiger charge is 2.12. The summed E-state index contributed by atoms with van der Waals surface area (Å²) in [6.07, 6.45) is 0. The fraction of sp³-hybridized carbons (Fsp3) is 0.158. The molecule has 0 spiro atoms. The van der Waals surface area contributed by atoms with Gasteiger partial charge in [0.15, 0.2) is 23.2 Å². The molecule has 0 aliphatic carbocycles. The van der Waals surface area contributed by atoms with Gasteiger partial charge in [0.2, 0.25) is 0 Å². The van der Waals surface area contributed by atoms with Crippen LogP contribution < -0.4 is 19.5 Å². The van der Waals surface area contributed by atoms with Crippen molar-refractivity contribution in [2.75, 3.05) is 26.1 Å². The molecule has 0 aliphatic heterocycles. The number of methoxy groups -OCH3 is 2. The molecule has 3 aromatic rings. The molecule has 2 aromatic carbocycles. The molecule has 0 aliphatic rings. The Bertz CT molecular complexity index is 945. The number of hydrogen-bond acceptors (Lipinski definition) is 6. The number of rotatable bonds is 7. The van der Waals surface area contributed by atoms with Crippen LogP contribution in [0.4, 0.5) is 5.13 Å². The number of halogens is 1. The van der Waals surface area contributed by atoms with E-state index in [1.54, 1.807) is 38.5 Å². The van der Waals surface area contributed by atoms with Gasteiger partial charge < -0.3 is 14.2 Å². The summed E-state index contributed by atoms with van der Waals surface area (Å²) in [6, 6.07) is 12.5. The molecule has 8 heteroatoms. The number of carbonyl (C=O) groups excluding carboxylic acids is 1. The van der Waals surface area contributed by atoms with Crippen molar-refractivity contribution in [2.24, 2.45) is 0 Å². The number of nitrogens with zero attached hydrogens (tertiary/aromatic N) is 1. The van der Waals surface area contributed by atoms with E-state index in [4.69, 9.17) is 25.8 Å². The van der Waals surface area contributed by atoms with Crippen molar-refractivity contribution in [1.82, 2.24) is 4.98 Å². The molecule has 0 unspecified atom stereocenters. The highest BCUT2D eigenvalue weighted by atomic mass is 35.5. The molecule has 1 heterocycles. The summed E-state index contributed by atoms with van der Waals surface area (Å²) in [7, 11) is 3.16. The smallest absolute Gasteiger partial charge is 0.264 e. The van der Waals surface area contributed by atoms with Gasteiger partial charge >= 0.3 is 0 Å².